The number of rotatable bonds is 9. The lowest BCUT2D eigenvalue weighted by molar-refractivity contribution is -0.443. The van der Waals surface area contributed by atoms with E-state index in [-0.39, 0.29) is 21.6 Å². The molecule has 0 aliphatic carbocycles. The second kappa shape index (κ2) is 9.01. The Kier molecular flexibility index (Phi) is 7.59. The fraction of sp³-hybridized carbons (Fsp3) is 0.500. The summed E-state index contributed by atoms with van der Waals surface area (Å²) in [7, 11) is 0. The molecule has 21 heteroatoms. The smallest absolute Gasteiger partial charge is 0.296 e. The van der Waals surface area contributed by atoms with Gasteiger partial charge in [0.1, 0.15) is 0 Å². The Balaban J connectivity index is 2.50. The van der Waals surface area contributed by atoms with Gasteiger partial charge in [-0.05, 0) is 18.2 Å². The lowest BCUT2D eigenvalue weighted by atomic mass is 9.89. The van der Waals surface area contributed by atoms with Crippen molar-refractivity contribution in [3.05, 3.63) is 22.7 Å². The molecule has 1 heterocycles. The summed E-state index contributed by atoms with van der Waals surface area (Å²) in [4.78, 5) is 15.0. The molecule has 3 nitrogen and oxygen atoms in total. The Labute approximate surface area is 204 Å². The quantitative estimate of drug-likeness (QED) is 0.281. The monoisotopic (exact) mass is 656 g/mol. The molecule has 210 valence electrons. The summed E-state index contributed by atoms with van der Waals surface area (Å²) in [6, 6.07) is 3.68. The van der Waals surface area contributed by atoms with Crippen molar-refractivity contribution < 1.29 is 75.0 Å². The minimum Gasteiger partial charge on any atom is -0.296 e. The van der Waals surface area contributed by atoms with Gasteiger partial charge in [-0.2, -0.15) is 61.5 Å². The SMILES string of the molecule is O=C(Nc1nc2ccc(Br)cc2s1)C(F)(F)C(F)(F)C(F)(F)C(F)(F)C(F)(F)C(F)(F)C(F)(F)C(F)F. The van der Waals surface area contributed by atoms with E-state index in [0.717, 1.165) is 11.4 Å². The number of amides is 1. The molecule has 0 aliphatic rings. The number of nitrogens with one attached hydrogen (secondary N) is 1. The van der Waals surface area contributed by atoms with Gasteiger partial charge in [0.2, 0.25) is 0 Å². The van der Waals surface area contributed by atoms with Crippen LogP contribution in [0.2, 0.25) is 0 Å². The third-order valence-electron chi connectivity index (χ3n) is 4.52. The molecule has 1 amide bonds. The topological polar surface area (TPSA) is 42.0 Å². The molecular formula is C16H5BrF16N2OS. The second-order valence-electron chi connectivity index (χ2n) is 6.96. The molecule has 1 aromatic carbocycles. The van der Waals surface area contributed by atoms with E-state index in [4.69, 9.17) is 0 Å². The number of carbonyl (C=O) groups excluding carboxylic acids is 1. The highest BCUT2D eigenvalue weighted by Gasteiger charge is 2.94. The molecule has 2 rings (SSSR count). The van der Waals surface area contributed by atoms with E-state index >= 15 is 0 Å². The maximum atomic E-state index is 14.0. The van der Waals surface area contributed by atoms with Crippen molar-refractivity contribution >= 4 is 48.5 Å². The minimum atomic E-state index is -8.57. The van der Waals surface area contributed by atoms with Gasteiger partial charge in [-0.25, -0.2) is 13.8 Å². The highest BCUT2D eigenvalue weighted by Crippen LogP contribution is 2.62. The van der Waals surface area contributed by atoms with Crippen LogP contribution in [0.15, 0.2) is 22.7 Å². The highest BCUT2D eigenvalue weighted by atomic mass is 79.9. The Morgan fingerprint density at radius 3 is 1.73 bits per heavy atom. The Morgan fingerprint density at radius 2 is 1.24 bits per heavy atom. The van der Waals surface area contributed by atoms with Crippen LogP contribution in [0.4, 0.5) is 75.4 Å². The van der Waals surface area contributed by atoms with E-state index in [1.54, 1.807) is 0 Å². The van der Waals surface area contributed by atoms with Crippen LogP contribution in [0.1, 0.15) is 0 Å². The van der Waals surface area contributed by atoms with Crippen LogP contribution in [0.3, 0.4) is 0 Å². The summed E-state index contributed by atoms with van der Waals surface area (Å²) >= 11 is 3.19. The molecule has 1 N–H and O–H groups in total. The molecule has 37 heavy (non-hydrogen) atoms. The van der Waals surface area contributed by atoms with Crippen LogP contribution in [0, 0.1) is 0 Å². The van der Waals surface area contributed by atoms with Crippen molar-refractivity contribution in [3.63, 3.8) is 0 Å². The Morgan fingerprint density at radius 1 is 0.784 bits per heavy atom. The number of alkyl halides is 16. The molecule has 0 aliphatic heterocycles. The van der Waals surface area contributed by atoms with Crippen molar-refractivity contribution in [2.24, 2.45) is 0 Å². The van der Waals surface area contributed by atoms with Crippen molar-refractivity contribution in [3.8, 4) is 0 Å². The summed E-state index contributed by atoms with van der Waals surface area (Å²) in [5.41, 5.74) is -0.114. The van der Waals surface area contributed by atoms with Gasteiger partial charge in [0, 0.05) is 4.47 Å². The van der Waals surface area contributed by atoms with E-state index in [1.807, 2.05) is 0 Å². The molecule has 0 radical (unpaired) electrons. The molecule has 0 saturated heterocycles. The molecule has 0 saturated carbocycles. The lowest BCUT2D eigenvalue weighted by Crippen LogP contribution is -2.74. The van der Waals surface area contributed by atoms with Gasteiger partial charge in [0.05, 0.1) is 10.2 Å². The minimum absolute atomic E-state index is 0.0402. The van der Waals surface area contributed by atoms with E-state index in [1.165, 1.54) is 12.1 Å². The molecule has 1 aromatic heterocycles. The zero-order valence-electron chi connectivity index (χ0n) is 16.5. The molecule has 0 unspecified atom stereocenters. The fourth-order valence-corrected chi connectivity index (χ4v) is 3.82. The third-order valence-corrected chi connectivity index (χ3v) is 5.95. The summed E-state index contributed by atoms with van der Waals surface area (Å²) in [6.45, 7) is 0. The molecule has 2 aromatic rings. The first-order valence-corrected chi connectivity index (χ1v) is 10.2. The summed E-state index contributed by atoms with van der Waals surface area (Å²) in [5.74, 6) is -59.9. The van der Waals surface area contributed by atoms with E-state index < -0.39 is 58.9 Å². The molecule has 0 fully saturated rings. The van der Waals surface area contributed by atoms with Crippen LogP contribution in [0.5, 0.6) is 0 Å². The Hall–Kier alpha value is -2.06. The summed E-state index contributed by atoms with van der Waals surface area (Å²) in [5, 5.41) is -0.225. The maximum absolute atomic E-state index is 14.0. The number of fused-ring (bicyclic) bond motifs is 1. The zero-order valence-corrected chi connectivity index (χ0v) is 18.9. The number of anilines is 1. The maximum Gasteiger partial charge on any atom is 0.393 e. The van der Waals surface area contributed by atoms with Crippen LogP contribution >= 0.6 is 27.3 Å². The predicted molar refractivity (Wildman–Crippen MR) is 96.6 cm³/mol. The Bertz CT molecular complexity index is 1180. The first-order valence-electron chi connectivity index (χ1n) is 8.61. The number of benzene rings is 1. The van der Waals surface area contributed by atoms with Crippen LogP contribution in [0.25, 0.3) is 10.2 Å². The van der Waals surface area contributed by atoms with Gasteiger partial charge >= 0.3 is 53.8 Å². The van der Waals surface area contributed by atoms with Crippen LogP contribution in [-0.2, 0) is 4.79 Å². The van der Waals surface area contributed by atoms with E-state index in [2.05, 4.69) is 20.9 Å². The van der Waals surface area contributed by atoms with Gasteiger partial charge in [-0.15, -0.1) is 0 Å². The first kappa shape index (κ1) is 31.2. The van der Waals surface area contributed by atoms with Crippen LogP contribution < -0.4 is 5.32 Å². The first-order chi connectivity index (χ1) is 16.3. The summed E-state index contributed by atoms with van der Waals surface area (Å²) < 4.78 is 214. The molecule has 0 atom stereocenters. The van der Waals surface area contributed by atoms with Gasteiger partial charge in [0.15, 0.2) is 5.13 Å². The number of aromatic nitrogens is 1. The number of halogens is 17. The number of nitrogens with zero attached hydrogens (tertiary/aromatic N) is 1. The predicted octanol–water partition coefficient (Wildman–Crippen LogP) is 7.71. The van der Waals surface area contributed by atoms with Crippen LogP contribution in [-0.4, -0.2) is 58.8 Å². The lowest BCUT2D eigenvalue weighted by Gasteiger charge is -2.42. The third kappa shape index (κ3) is 4.38. The van der Waals surface area contributed by atoms with Crippen molar-refractivity contribution in [1.82, 2.24) is 4.98 Å². The van der Waals surface area contributed by atoms with Gasteiger partial charge in [-0.1, -0.05) is 27.3 Å². The molecule has 0 bridgehead atoms. The largest absolute Gasteiger partial charge is 0.393 e. The number of hydrogen-bond donors (Lipinski definition) is 1. The average Bonchev–Trinajstić information content (AvgIpc) is 3.13. The highest BCUT2D eigenvalue weighted by molar-refractivity contribution is 9.10. The van der Waals surface area contributed by atoms with Gasteiger partial charge < -0.3 is 0 Å². The molecular weight excluding hydrogens is 652 g/mol. The van der Waals surface area contributed by atoms with E-state index in [9.17, 15) is 75.0 Å². The zero-order chi connectivity index (χ0) is 29.2. The number of hydrogen-bond acceptors (Lipinski definition) is 3. The van der Waals surface area contributed by atoms with Crippen molar-refractivity contribution in [1.29, 1.82) is 0 Å². The number of carbonyl (C=O) groups is 1. The average molecular weight is 657 g/mol. The second-order valence-corrected chi connectivity index (χ2v) is 8.90. The molecule has 0 spiro atoms. The van der Waals surface area contributed by atoms with Gasteiger partial charge in [-0.3, -0.25) is 10.1 Å². The van der Waals surface area contributed by atoms with Crippen molar-refractivity contribution in [2.75, 3.05) is 5.32 Å². The standard InChI is InChI=1S/C16H5BrF16N2OS/c17-4-1-2-5-6(3-4)37-9(34-5)35-8(36)11(22,23)13(26,27)15(30,31)16(32,33)14(28,29)12(24,25)10(20,21)7(18)19/h1-3,7H,(H,34,35,36). The summed E-state index contributed by atoms with van der Waals surface area (Å²) in [6.07, 6.45) is -5.93. The van der Waals surface area contributed by atoms with Gasteiger partial charge in [0.25, 0.3) is 0 Å². The normalized spacial score (nSPS) is 15.0. The van der Waals surface area contributed by atoms with Crippen molar-refractivity contribution in [2.45, 2.75) is 47.9 Å². The number of thiazole rings is 1. The van der Waals surface area contributed by atoms with E-state index in [0.29, 0.717) is 4.47 Å². The fourth-order valence-electron chi connectivity index (χ4n) is 2.41.